The Kier molecular flexibility index (Phi) is 9.09. The molecule has 1 aromatic heterocycles. The predicted molar refractivity (Wildman–Crippen MR) is 141 cm³/mol. The minimum atomic E-state index is -4.43. The first-order valence-corrected chi connectivity index (χ1v) is 13.0. The van der Waals surface area contributed by atoms with Gasteiger partial charge in [0.1, 0.15) is 0 Å². The number of thioether (sulfide) groups is 1. The van der Waals surface area contributed by atoms with Gasteiger partial charge in [-0.2, -0.15) is 13.2 Å². The Balaban J connectivity index is 1.39. The van der Waals surface area contributed by atoms with E-state index >= 15 is 0 Å². The van der Waals surface area contributed by atoms with E-state index in [0.29, 0.717) is 46.0 Å². The van der Waals surface area contributed by atoms with Crippen LogP contribution in [0.4, 0.5) is 13.2 Å². The number of hydrogen-bond acceptors (Lipinski definition) is 5. The van der Waals surface area contributed by atoms with E-state index in [1.165, 1.54) is 17.8 Å². The third-order valence-electron chi connectivity index (χ3n) is 5.64. The number of methoxy groups -OCH3 is 1. The maximum absolute atomic E-state index is 12.9. The number of carbonyl (C=O) groups excluding carboxylic acids is 1. The van der Waals surface area contributed by atoms with Crippen molar-refractivity contribution in [2.24, 2.45) is 0 Å². The number of aromatic nitrogens is 3. The molecule has 1 heterocycles. The molecular formula is C27H24ClF3N4O2S. The summed E-state index contributed by atoms with van der Waals surface area (Å²) in [5.74, 6) is 0.869. The summed E-state index contributed by atoms with van der Waals surface area (Å²) in [6.07, 6.45) is -4.43. The molecule has 1 N–H and O–H groups in total. The van der Waals surface area contributed by atoms with Crippen LogP contribution in [0.2, 0.25) is 5.02 Å². The van der Waals surface area contributed by atoms with Crippen LogP contribution in [-0.4, -0.2) is 34.4 Å². The fourth-order valence-electron chi connectivity index (χ4n) is 3.66. The molecule has 0 saturated heterocycles. The van der Waals surface area contributed by atoms with Crippen LogP contribution in [-0.2, 0) is 29.8 Å². The molecule has 38 heavy (non-hydrogen) atoms. The fourth-order valence-corrected chi connectivity index (χ4v) is 4.80. The lowest BCUT2D eigenvalue weighted by Crippen LogP contribution is -2.23. The average molecular weight is 561 g/mol. The summed E-state index contributed by atoms with van der Waals surface area (Å²) >= 11 is 7.87. The van der Waals surface area contributed by atoms with Gasteiger partial charge < -0.3 is 10.1 Å². The highest BCUT2D eigenvalue weighted by Gasteiger charge is 2.30. The number of nitrogens with zero attached hydrogens (tertiary/aromatic N) is 3. The van der Waals surface area contributed by atoms with Crippen molar-refractivity contribution in [3.63, 3.8) is 0 Å². The van der Waals surface area contributed by atoms with Gasteiger partial charge in [0.05, 0.1) is 23.7 Å². The second-order valence-corrected chi connectivity index (χ2v) is 9.65. The van der Waals surface area contributed by atoms with Gasteiger partial charge in [0, 0.05) is 30.5 Å². The highest BCUT2D eigenvalue weighted by atomic mass is 35.5. The zero-order valence-corrected chi connectivity index (χ0v) is 21.9. The number of nitrogens with one attached hydrogen (secondary N) is 1. The Bertz CT molecular complexity index is 1390. The molecule has 1 amide bonds. The van der Waals surface area contributed by atoms with Crippen LogP contribution in [0, 0.1) is 0 Å². The Labute approximate surface area is 227 Å². The molecule has 0 aliphatic heterocycles. The smallest absolute Gasteiger partial charge is 0.383 e. The third kappa shape index (κ3) is 6.94. The molecule has 3 aromatic carbocycles. The summed E-state index contributed by atoms with van der Waals surface area (Å²) in [6.45, 7) is 1.02. The van der Waals surface area contributed by atoms with Gasteiger partial charge in [0.15, 0.2) is 11.0 Å². The molecule has 6 nitrogen and oxygen atoms in total. The van der Waals surface area contributed by atoms with E-state index in [0.717, 1.165) is 23.3 Å². The van der Waals surface area contributed by atoms with Crippen molar-refractivity contribution in [3.8, 4) is 11.4 Å². The number of rotatable bonds is 10. The molecule has 0 unspecified atom stereocenters. The van der Waals surface area contributed by atoms with Crippen LogP contribution >= 0.6 is 23.4 Å². The van der Waals surface area contributed by atoms with E-state index in [4.69, 9.17) is 16.3 Å². The number of halogens is 4. The number of amides is 1. The minimum absolute atomic E-state index is 0.00868. The lowest BCUT2D eigenvalue weighted by molar-refractivity contribution is -0.137. The van der Waals surface area contributed by atoms with E-state index in [-0.39, 0.29) is 12.5 Å². The highest BCUT2D eigenvalue weighted by Crippen LogP contribution is 2.31. The molecule has 0 saturated carbocycles. The van der Waals surface area contributed by atoms with Gasteiger partial charge in [-0.05, 0) is 47.5 Å². The molecule has 198 valence electrons. The topological polar surface area (TPSA) is 69.0 Å². The van der Waals surface area contributed by atoms with Crippen LogP contribution in [0.3, 0.4) is 0 Å². The van der Waals surface area contributed by atoms with Gasteiger partial charge in [0.2, 0.25) is 0 Å². The summed E-state index contributed by atoms with van der Waals surface area (Å²) in [5.41, 5.74) is 1.78. The number of ether oxygens (including phenoxy) is 1. The van der Waals surface area contributed by atoms with Gasteiger partial charge in [-0.1, -0.05) is 59.8 Å². The monoisotopic (exact) mass is 560 g/mol. The highest BCUT2D eigenvalue weighted by molar-refractivity contribution is 7.98. The first-order chi connectivity index (χ1) is 18.3. The zero-order chi connectivity index (χ0) is 27.1. The summed E-state index contributed by atoms with van der Waals surface area (Å²) < 4.78 is 45.9. The quantitative estimate of drug-likeness (QED) is 0.225. The van der Waals surface area contributed by atoms with E-state index in [2.05, 4.69) is 15.5 Å². The fraction of sp³-hybridized carbons (Fsp3) is 0.222. The second-order valence-electron chi connectivity index (χ2n) is 8.30. The SMILES string of the molecule is COCCn1c(SCc2ccc(C(=O)NCc3cccc(C(F)(F)F)c3)cc2)nnc1-c1ccccc1Cl. The molecule has 0 spiro atoms. The standard InChI is InChI=1S/C27H24ClF3N4O2S/c1-37-14-13-35-24(22-7-2-3-8-23(22)28)33-34-26(35)38-17-18-9-11-20(12-10-18)25(36)32-16-19-5-4-6-21(15-19)27(29,30)31/h2-12,15H,13-14,16-17H2,1H3,(H,32,36). The normalized spacial score (nSPS) is 11.5. The molecule has 0 aliphatic carbocycles. The van der Waals surface area contributed by atoms with E-state index < -0.39 is 11.7 Å². The summed E-state index contributed by atoms with van der Waals surface area (Å²) in [6, 6.07) is 19.4. The minimum Gasteiger partial charge on any atom is -0.383 e. The first-order valence-electron chi connectivity index (χ1n) is 11.6. The van der Waals surface area contributed by atoms with Crippen LogP contribution < -0.4 is 5.32 Å². The van der Waals surface area contributed by atoms with E-state index in [9.17, 15) is 18.0 Å². The predicted octanol–water partition coefficient (Wildman–Crippen LogP) is 6.49. The van der Waals surface area contributed by atoms with Crippen molar-refractivity contribution in [1.82, 2.24) is 20.1 Å². The Hall–Kier alpha value is -3.34. The molecule has 0 atom stereocenters. The van der Waals surface area contributed by atoms with Crippen LogP contribution in [0.25, 0.3) is 11.4 Å². The number of hydrogen-bond donors (Lipinski definition) is 1. The number of alkyl halides is 3. The van der Waals surface area contributed by atoms with E-state index in [1.807, 2.05) is 34.9 Å². The van der Waals surface area contributed by atoms with Crippen molar-refractivity contribution in [2.45, 2.75) is 30.2 Å². The molecule has 0 fully saturated rings. The van der Waals surface area contributed by atoms with Crippen molar-refractivity contribution < 1.29 is 22.7 Å². The van der Waals surface area contributed by atoms with Gasteiger partial charge in [-0.25, -0.2) is 0 Å². The Morgan fingerprint density at radius 2 is 1.79 bits per heavy atom. The number of benzene rings is 3. The average Bonchev–Trinajstić information content (AvgIpc) is 3.32. The maximum Gasteiger partial charge on any atom is 0.416 e. The molecule has 0 aliphatic rings. The van der Waals surface area contributed by atoms with Gasteiger partial charge in [-0.15, -0.1) is 10.2 Å². The first kappa shape index (κ1) is 27.7. The van der Waals surface area contributed by atoms with Gasteiger partial charge in [0.25, 0.3) is 5.91 Å². The molecule has 0 radical (unpaired) electrons. The van der Waals surface area contributed by atoms with Crippen molar-refractivity contribution in [2.75, 3.05) is 13.7 Å². The van der Waals surface area contributed by atoms with Crippen LogP contribution in [0.1, 0.15) is 27.0 Å². The molecule has 0 bridgehead atoms. The Morgan fingerprint density at radius 1 is 1.03 bits per heavy atom. The summed E-state index contributed by atoms with van der Waals surface area (Å²) in [5, 5.41) is 12.7. The molecule has 11 heteroatoms. The number of carbonyl (C=O) groups is 1. The third-order valence-corrected chi connectivity index (χ3v) is 7.01. The molecule has 4 rings (SSSR count). The summed E-state index contributed by atoms with van der Waals surface area (Å²) in [7, 11) is 1.63. The molecule has 4 aromatic rings. The lowest BCUT2D eigenvalue weighted by Gasteiger charge is -2.11. The van der Waals surface area contributed by atoms with Crippen molar-refractivity contribution >= 4 is 29.3 Å². The maximum atomic E-state index is 12.9. The van der Waals surface area contributed by atoms with Gasteiger partial charge >= 0.3 is 6.18 Å². The van der Waals surface area contributed by atoms with Crippen molar-refractivity contribution in [1.29, 1.82) is 0 Å². The Morgan fingerprint density at radius 3 is 2.50 bits per heavy atom. The summed E-state index contributed by atoms with van der Waals surface area (Å²) in [4.78, 5) is 12.5. The van der Waals surface area contributed by atoms with Crippen LogP contribution in [0.5, 0.6) is 0 Å². The van der Waals surface area contributed by atoms with E-state index in [1.54, 1.807) is 31.4 Å². The zero-order valence-electron chi connectivity index (χ0n) is 20.3. The second kappa shape index (κ2) is 12.5. The largest absolute Gasteiger partial charge is 0.416 e. The lowest BCUT2D eigenvalue weighted by atomic mass is 10.1. The van der Waals surface area contributed by atoms with Gasteiger partial charge in [-0.3, -0.25) is 9.36 Å². The molecular weight excluding hydrogens is 537 g/mol. The van der Waals surface area contributed by atoms with Crippen LogP contribution in [0.15, 0.2) is 78.0 Å². The van der Waals surface area contributed by atoms with Crippen molar-refractivity contribution in [3.05, 3.63) is 100 Å².